The molecule has 0 bridgehead atoms. The van der Waals surface area contributed by atoms with E-state index < -0.39 is 0 Å². The van der Waals surface area contributed by atoms with Crippen LogP contribution >= 0.6 is 0 Å². The maximum Gasteiger partial charge on any atom is 0.317 e. The van der Waals surface area contributed by atoms with Crippen LogP contribution in [0.25, 0.3) is 0 Å². The SMILES string of the molecule is CC(c1ccc(F)cc1)N(C)C(=O)NCc1ccccc1. The fourth-order valence-electron chi connectivity index (χ4n) is 2.04. The van der Waals surface area contributed by atoms with Crippen LogP contribution in [0.4, 0.5) is 9.18 Å². The Labute approximate surface area is 124 Å². The van der Waals surface area contributed by atoms with Gasteiger partial charge in [0.2, 0.25) is 0 Å². The van der Waals surface area contributed by atoms with E-state index in [2.05, 4.69) is 5.32 Å². The Kier molecular flexibility index (Phi) is 4.93. The molecule has 0 aliphatic heterocycles. The topological polar surface area (TPSA) is 32.3 Å². The van der Waals surface area contributed by atoms with Crippen molar-refractivity contribution in [2.75, 3.05) is 7.05 Å². The zero-order valence-corrected chi connectivity index (χ0v) is 12.2. The summed E-state index contributed by atoms with van der Waals surface area (Å²) < 4.78 is 12.9. The summed E-state index contributed by atoms with van der Waals surface area (Å²) in [6, 6.07) is 15.7. The molecule has 1 N–H and O–H groups in total. The first-order chi connectivity index (χ1) is 10.1. The van der Waals surface area contributed by atoms with Crippen LogP contribution in [0, 0.1) is 5.82 Å². The summed E-state index contributed by atoms with van der Waals surface area (Å²) in [5.41, 5.74) is 1.95. The van der Waals surface area contributed by atoms with Crippen molar-refractivity contribution in [3.8, 4) is 0 Å². The van der Waals surface area contributed by atoms with Crippen molar-refractivity contribution in [3.05, 3.63) is 71.5 Å². The largest absolute Gasteiger partial charge is 0.334 e. The molecule has 2 rings (SSSR count). The normalized spacial score (nSPS) is 11.8. The minimum atomic E-state index is -0.276. The Morgan fingerprint density at radius 3 is 2.38 bits per heavy atom. The molecule has 2 aromatic carbocycles. The molecule has 1 atom stereocenters. The molecule has 2 amide bonds. The van der Waals surface area contributed by atoms with Crippen LogP contribution in [-0.2, 0) is 6.54 Å². The summed E-state index contributed by atoms with van der Waals surface area (Å²) in [4.78, 5) is 13.7. The maximum atomic E-state index is 12.9. The molecule has 2 aromatic rings. The molecule has 0 saturated carbocycles. The monoisotopic (exact) mass is 286 g/mol. The van der Waals surface area contributed by atoms with Gasteiger partial charge in [0.05, 0.1) is 6.04 Å². The number of urea groups is 1. The molecule has 0 aliphatic rings. The third kappa shape index (κ3) is 4.05. The van der Waals surface area contributed by atoms with Gasteiger partial charge in [-0.25, -0.2) is 9.18 Å². The summed E-state index contributed by atoms with van der Waals surface area (Å²) >= 11 is 0. The second kappa shape index (κ2) is 6.88. The van der Waals surface area contributed by atoms with Gasteiger partial charge < -0.3 is 10.2 Å². The lowest BCUT2D eigenvalue weighted by atomic mass is 10.1. The molecular formula is C17H19FN2O. The molecular weight excluding hydrogens is 267 g/mol. The molecule has 1 unspecified atom stereocenters. The van der Waals surface area contributed by atoms with E-state index in [-0.39, 0.29) is 17.9 Å². The van der Waals surface area contributed by atoms with Crippen molar-refractivity contribution in [1.29, 1.82) is 0 Å². The second-order valence-corrected chi connectivity index (χ2v) is 4.98. The zero-order valence-electron chi connectivity index (χ0n) is 12.2. The predicted octanol–water partition coefficient (Wildman–Crippen LogP) is 3.73. The highest BCUT2D eigenvalue weighted by molar-refractivity contribution is 5.74. The Morgan fingerprint density at radius 1 is 1.14 bits per heavy atom. The highest BCUT2D eigenvalue weighted by Gasteiger charge is 2.16. The van der Waals surface area contributed by atoms with Crippen molar-refractivity contribution in [3.63, 3.8) is 0 Å². The first-order valence-electron chi connectivity index (χ1n) is 6.88. The average Bonchev–Trinajstić information content (AvgIpc) is 2.53. The van der Waals surface area contributed by atoms with Gasteiger partial charge in [0.25, 0.3) is 0 Å². The lowest BCUT2D eigenvalue weighted by Crippen LogP contribution is -2.38. The number of halogens is 1. The molecule has 110 valence electrons. The summed E-state index contributed by atoms with van der Waals surface area (Å²) in [7, 11) is 1.73. The lowest BCUT2D eigenvalue weighted by Gasteiger charge is -2.25. The molecule has 21 heavy (non-hydrogen) atoms. The molecule has 0 heterocycles. The molecule has 0 radical (unpaired) electrons. The molecule has 3 nitrogen and oxygen atoms in total. The van der Waals surface area contributed by atoms with Gasteiger partial charge in [-0.15, -0.1) is 0 Å². The summed E-state index contributed by atoms with van der Waals surface area (Å²) in [6.07, 6.45) is 0. The first-order valence-corrected chi connectivity index (χ1v) is 6.88. The van der Waals surface area contributed by atoms with E-state index in [0.29, 0.717) is 6.54 Å². The van der Waals surface area contributed by atoms with E-state index >= 15 is 0 Å². The van der Waals surface area contributed by atoms with E-state index in [0.717, 1.165) is 11.1 Å². The zero-order chi connectivity index (χ0) is 15.2. The molecule has 0 aromatic heterocycles. The number of nitrogens with zero attached hydrogens (tertiary/aromatic N) is 1. The third-order valence-electron chi connectivity index (χ3n) is 3.54. The van der Waals surface area contributed by atoms with Crippen LogP contribution in [0.15, 0.2) is 54.6 Å². The van der Waals surface area contributed by atoms with E-state index in [1.54, 1.807) is 24.1 Å². The van der Waals surface area contributed by atoms with Crippen molar-refractivity contribution in [1.82, 2.24) is 10.2 Å². The van der Waals surface area contributed by atoms with Crippen molar-refractivity contribution in [2.45, 2.75) is 19.5 Å². The summed E-state index contributed by atoms with van der Waals surface area (Å²) in [5, 5.41) is 2.87. The number of rotatable bonds is 4. The lowest BCUT2D eigenvalue weighted by molar-refractivity contribution is 0.194. The maximum absolute atomic E-state index is 12.9. The highest BCUT2D eigenvalue weighted by Crippen LogP contribution is 2.18. The van der Waals surface area contributed by atoms with E-state index in [1.807, 2.05) is 37.3 Å². The smallest absolute Gasteiger partial charge is 0.317 e. The second-order valence-electron chi connectivity index (χ2n) is 4.98. The number of hydrogen-bond donors (Lipinski definition) is 1. The minimum Gasteiger partial charge on any atom is -0.334 e. The molecule has 4 heteroatoms. The fourth-order valence-corrected chi connectivity index (χ4v) is 2.04. The van der Waals surface area contributed by atoms with Gasteiger partial charge >= 0.3 is 6.03 Å². The molecule has 0 fully saturated rings. The van der Waals surface area contributed by atoms with Gasteiger partial charge in [-0.1, -0.05) is 42.5 Å². The van der Waals surface area contributed by atoms with Crippen LogP contribution in [0.2, 0.25) is 0 Å². The Hall–Kier alpha value is -2.36. The van der Waals surface area contributed by atoms with Crippen molar-refractivity contribution in [2.24, 2.45) is 0 Å². The highest BCUT2D eigenvalue weighted by atomic mass is 19.1. The third-order valence-corrected chi connectivity index (χ3v) is 3.54. The number of hydrogen-bond acceptors (Lipinski definition) is 1. The van der Waals surface area contributed by atoms with E-state index in [9.17, 15) is 9.18 Å². The van der Waals surface area contributed by atoms with Gasteiger partial charge in [-0.05, 0) is 30.2 Å². The van der Waals surface area contributed by atoms with Crippen LogP contribution < -0.4 is 5.32 Å². The number of benzene rings is 2. The molecule has 0 saturated heterocycles. The standard InChI is InChI=1S/C17H19FN2O/c1-13(15-8-10-16(18)11-9-15)20(2)17(21)19-12-14-6-4-3-5-7-14/h3-11,13H,12H2,1-2H3,(H,19,21). The molecule has 0 aliphatic carbocycles. The van der Waals surface area contributed by atoms with Crippen LogP contribution in [0.3, 0.4) is 0 Å². The Balaban J connectivity index is 1.94. The van der Waals surface area contributed by atoms with Crippen LogP contribution in [0.1, 0.15) is 24.1 Å². The van der Waals surface area contributed by atoms with Crippen LogP contribution in [0.5, 0.6) is 0 Å². The number of amides is 2. The van der Waals surface area contributed by atoms with Crippen LogP contribution in [-0.4, -0.2) is 18.0 Å². The van der Waals surface area contributed by atoms with Gasteiger partial charge in [0, 0.05) is 13.6 Å². The quantitative estimate of drug-likeness (QED) is 0.912. The first kappa shape index (κ1) is 15.0. The molecule has 0 spiro atoms. The van der Waals surface area contributed by atoms with Gasteiger partial charge in [-0.2, -0.15) is 0 Å². The summed E-state index contributed by atoms with van der Waals surface area (Å²) in [5.74, 6) is -0.276. The Bertz CT molecular complexity index is 583. The van der Waals surface area contributed by atoms with Gasteiger partial charge in [0.1, 0.15) is 5.82 Å². The average molecular weight is 286 g/mol. The van der Waals surface area contributed by atoms with E-state index in [1.165, 1.54) is 12.1 Å². The van der Waals surface area contributed by atoms with E-state index in [4.69, 9.17) is 0 Å². The summed E-state index contributed by atoms with van der Waals surface area (Å²) in [6.45, 7) is 2.40. The number of carbonyl (C=O) groups excluding carboxylic acids is 1. The van der Waals surface area contributed by atoms with Crippen molar-refractivity contribution >= 4 is 6.03 Å². The van der Waals surface area contributed by atoms with Gasteiger partial charge in [0.15, 0.2) is 0 Å². The van der Waals surface area contributed by atoms with Crippen molar-refractivity contribution < 1.29 is 9.18 Å². The Morgan fingerprint density at radius 2 is 1.76 bits per heavy atom. The minimum absolute atomic E-state index is 0.124. The van der Waals surface area contributed by atoms with Gasteiger partial charge in [-0.3, -0.25) is 0 Å². The number of carbonyl (C=O) groups is 1. The number of nitrogens with one attached hydrogen (secondary N) is 1. The fraction of sp³-hybridized carbons (Fsp3) is 0.235. The predicted molar refractivity (Wildman–Crippen MR) is 81.3 cm³/mol.